The molecule has 0 bridgehead atoms. The number of carbonyl (C=O) groups excluding carboxylic acids is 1. The maximum Gasteiger partial charge on any atom is 0.213 e. The largest absolute Gasteiger partial charge is 0.324 e. The zero-order valence-corrected chi connectivity index (χ0v) is 12.1. The summed E-state index contributed by atoms with van der Waals surface area (Å²) in [5.41, 5.74) is 0. The van der Waals surface area contributed by atoms with Crippen LogP contribution in [0.25, 0.3) is 0 Å². The minimum Gasteiger partial charge on any atom is -0.324 e. The minimum absolute atomic E-state index is 0.229. The molecule has 0 N–H and O–H groups in total. The van der Waals surface area contributed by atoms with E-state index in [0.717, 1.165) is 18.6 Å². The summed E-state index contributed by atoms with van der Waals surface area (Å²) >= 11 is 6.10. The molecule has 89 valence electrons. The van der Waals surface area contributed by atoms with Crippen molar-refractivity contribution in [2.45, 2.75) is 30.9 Å². The van der Waals surface area contributed by atoms with Crippen molar-refractivity contribution in [2.24, 2.45) is 0 Å². The highest BCUT2D eigenvalue weighted by molar-refractivity contribution is 8.02. The van der Waals surface area contributed by atoms with Gasteiger partial charge >= 0.3 is 0 Å². The molecular formula is C11H19BNOS2. The predicted molar refractivity (Wildman–Crippen MR) is 76.4 cm³/mol. The Balaban J connectivity index is 2.66. The lowest BCUT2D eigenvalue weighted by atomic mass is 9.86. The van der Waals surface area contributed by atoms with Crippen molar-refractivity contribution in [3.05, 3.63) is 11.1 Å². The highest BCUT2D eigenvalue weighted by Gasteiger charge is 2.60. The van der Waals surface area contributed by atoms with E-state index in [1.807, 2.05) is 12.5 Å². The molecule has 1 radical (unpaired) electrons. The highest BCUT2D eigenvalue weighted by atomic mass is 32.2. The van der Waals surface area contributed by atoms with Crippen LogP contribution in [0.5, 0.6) is 0 Å². The van der Waals surface area contributed by atoms with E-state index < -0.39 is 0 Å². The van der Waals surface area contributed by atoms with Gasteiger partial charge in [0, 0.05) is 18.2 Å². The molecular weight excluding hydrogens is 237 g/mol. The van der Waals surface area contributed by atoms with E-state index >= 15 is 0 Å². The average Bonchev–Trinajstić information content (AvgIpc) is 2.80. The first kappa shape index (κ1) is 14.0. The lowest BCUT2D eigenvalue weighted by Gasteiger charge is -2.20. The monoisotopic (exact) mass is 256 g/mol. The topological polar surface area (TPSA) is 20.3 Å². The van der Waals surface area contributed by atoms with Gasteiger partial charge in [-0.2, -0.15) is 12.6 Å². The van der Waals surface area contributed by atoms with Crippen LogP contribution < -0.4 is 0 Å². The molecule has 1 heterocycles. The van der Waals surface area contributed by atoms with Crippen molar-refractivity contribution in [1.29, 1.82) is 0 Å². The van der Waals surface area contributed by atoms with Gasteiger partial charge < -0.3 is 4.90 Å². The van der Waals surface area contributed by atoms with Gasteiger partial charge in [0.05, 0.1) is 0 Å². The zero-order valence-electron chi connectivity index (χ0n) is 10.4. The summed E-state index contributed by atoms with van der Waals surface area (Å²) in [5.74, 6) is 0.884. The van der Waals surface area contributed by atoms with Gasteiger partial charge in [0.25, 0.3) is 0 Å². The summed E-state index contributed by atoms with van der Waals surface area (Å²) in [5, 5.41) is 0.470. The smallest absolute Gasteiger partial charge is 0.213 e. The normalized spacial score (nSPS) is 33.2. The van der Waals surface area contributed by atoms with Crippen LogP contribution in [-0.2, 0) is 4.79 Å². The second kappa shape index (κ2) is 5.09. The Bertz CT molecular complexity index is 310. The lowest BCUT2D eigenvalue weighted by Crippen LogP contribution is -2.08. The third-order valence-electron chi connectivity index (χ3n) is 3.50. The van der Waals surface area contributed by atoms with Crippen molar-refractivity contribution in [2.75, 3.05) is 19.1 Å². The first-order valence-electron chi connectivity index (χ1n) is 5.30. The number of rotatable bonds is 6. The molecule has 0 spiro atoms. The zero-order chi connectivity index (χ0) is 12.4. The molecule has 1 fully saturated rings. The Labute approximate surface area is 109 Å². The Kier molecular flexibility index (Phi) is 4.46. The first-order chi connectivity index (χ1) is 7.40. The van der Waals surface area contributed by atoms with Gasteiger partial charge in [0.15, 0.2) is 0 Å². The van der Waals surface area contributed by atoms with Crippen molar-refractivity contribution in [3.63, 3.8) is 0 Å². The highest BCUT2D eigenvalue weighted by Crippen LogP contribution is 2.71. The molecule has 1 saturated heterocycles. The summed E-state index contributed by atoms with van der Waals surface area (Å²) in [6, 6.07) is 0. The SMILES string of the molecule is CS/C(=C\N(C)C=O)CC1(C)[B]C1(C)CS. The summed E-state index contributed by atoms with van der Waals surface area (Å²) in [7, 11) is 4.12. The van der Waals surface area contributed by atoms with Crippen LogP contribution in [0.1, 0.15) is 20.3 Å². The fraction of sp³-hybridized carbons (Fsp3) is 0.727. The summed E-state index contributed by atoms with van der Waals surface area (Å²) in [6.45, 7) is 4.50. The van der Waals surface area contributed by atoms with Gasteiger partial charge in [-0.3, -0.25) is 4.79 Å². The molecule has 0 aromatic carbocycles. The van der Waals surface area contributed by atoms with Crippen LogP contribution >= 0.6 is 24.4 Å². The summed E-state index contributed by atoms with van der Waals surface area (Å²) in [4.78, 5) is 13.4. The number of allylic oxidation sites excluding steroid dienone is 1. The number of thioether (sulfide) groups is 1. The average molecular weight is 256 g/mol. The standard InChI is InChI=1S/C11H19BNOS2/c1-10(11(2,7-15)12-10)5-9(16-4)6-13(3)8-14/h6,8,15H,5,7H2,1-4H3/b9-6-. The van der Waals surface area contributed by atoms with Gasteiger partial charge in [0.1, 0.15) is 7.28 Å². The second-order valence-electron chi connectivity index (χ2n) is 4.88. The van der Waals surface area contributed by atoms with Gasteiger partial charge in [-0.05, 0) is 18.4 Å². The molecule has 0 saturated carbocycles. The Morgan fingerprint density at radius 3 is 2.50 bits per heavy atom. The molecule has 2 atom stereocenters. The van der Waals surface area contributed by atoms with E-state index in [9.17, 15) is 4.79 Å². The van der Waals surface area contributed by atoms with Crippen LogP contribution in [0.4, 0.5) is 0 Å². The molecule has 0 aromatic rings. The van der Waals surface area contributed by atoms with E-state index in [1.165, 1.54) is 4.91 Å². The molecule has 5 heteroatoms. The quantitative estimate of drug-likeness (QED) is 0.448. The minimum atomic E-state index is 0.229. The van der Waals surface area contributed by atoms with Gasteiger partial charge in [0.2, 0.25) is 6.41 Å². The summed E-state index contributed by atoms with van der Waals surface area (Å²) < 4.78 is 0. The van der Waals surface area contributed by atoms with Crippen LogP contribution in [0.3, 0.4) is 0 Å². The van der Waals surface area contributed by atoms with Gasteiger partial charge in [-0.15, -0.1) is 11.8 Å². The summed E-state index contributed by atoms with van der Waals surface area (Å²) in [6.07, 6.45) is 5.78. The van der Waals surface area contributed by atoms with Crippen molar-refractivity contribution >= 4 is 38.1 Å². The number of nitrogens with zero attached hydrogens (tertiary/aromatic N) is 1. The molecule has 16 heavy (non-hydrogen) atoms. The molecule has 1 aliphatic heterocycles. The van der Waals surface area contributed by atoms with E-state index in [1.54, 1.807) is 23.7 Å². The third-order valence-corrected chi connectivity index (χ3v) is 4.94. The molecule has 0 aromatic heterocycles. The molecule has 1 aliphatic rings. The van der Waals surface area contributed by atoms with Crippen molar-refractivity contribution in [1.82, 2.24) is 4.90 Å². The molecule has 2 unspecified atom stereocenters. The number of hydrogen-bond donors (Lipinski definition) is 1. The number of hydrogen-bond acceptors (Lipinski definition) is 3. The van der Waals surface area contributed by atoms with E-state index in [4.69, 9.17) is 0 Å². The second-order valence-corrected chi connectivity index (χ2v) is 6.13. The number of amides is 1. The van der Waals surface area contributed by atoms with E-state index in [2.05, 4.69) is 33.8 Å². The fourth-order valence-corrected chi connectivity index (χ4v) is 3.10. The van der Waals surface area contributed by atoms with E-state index in [0.29, 0.717) is 0 Å². The number of carbonyl (C=O) groups is 1. The fourth-order valence-electron chi connectivity index (χ4n) is 1.94. The third kappa shape index (κ3) is 2.80. The molecule has 1 rings (SSSR count). The molecule has 1 amide bonds. The van der Waals surface area contributed by atoms with Crippen LogP contribution in [0.2, 0.25) is 10.6 Å². The van der Waals surface area contributed by atoms with Crippen molar-refractivity contribution < 1.29 is 4.79 Å². The van der Waals surface area contributed by atoms with Gasteiger partial charge in [-0.1, -0.05) is 24.5 Å². The Hall–Kier alpha value is -0.0251. The maximum absolute atomic E-state index is 10.6. The van der Waals surface area contributed by atoms with Gasteiger partial charge in [-0.25, -0.2) is 0 Å². The maximum atomic E-state index is 10.6. The first-order valence-corrected chi connectivity index (χ1v) is 7.16. The Morgan fingerprint density at radius 1 is 1.50 bits per heavy atom. The van der Waals surface area contributed by atoms with Crippen LogP contribution in [0, 0.1) is 0 Å². The number of thiol groups is 1. The molecule has 2 nitrogen and oxygen atoms in total. The van der Waals surface area contributed by atoms with Crippen molar-refractivity contribution in [3.8, 4) is 0 Å². The lowest BCUT2D eigenvalue weighted by molar-refractivity contribution is -0.115. The molecule has 0 aliphatic carbocycles. The van der Waals surface area contributed by atoms with E-state index in [-0.39, 0.29) is 10.6 Å². The van der Waals surface area contributed by atoms with Crippen LogP contribution in [-0.4, -0.2) is 37.6 Å². The predicted octanol–water partition coefficient (Wildman–Crippen LogP) is 2.67. The Morgan fingerprint density at radius 2 is 2.12 bits per heavy atom. The van der Waals surface area contributed by atoms with Crippen LogP contribution in [0.15, 0.2) is 11.1 Å².